The van der Waals surface area contributed by atoms with Crippen molar-refractivity contribution in [2.75, 3.05) is 14.2 Å². The van der Waals surface area contributed by atoms with Crippen molar-refractivity contribution in [3.63, 3.8) is 0 Å². The molecule has 1 amide bonds. The fourth-order valence-corrected chi connectivity index (χ4v) is 5.25. The number of carbonyl (C=O) groups is 1. The Labute approximate surface area is 212 Å². The Morgan fingerprint density at radius 3 is 2.39 bits per heavy atom. The summed E-state index contributed by atoms with van der Waals surface area (Å²) < 4.78 is 13.0. The topological polar surface area (TPSA) is 56.6 Å². The first-order chi connectivity index (χ1) is 17.7. The molecule has 0 spiro atoms. The van der Waals surface area contributed by atoms with Gasteiger partial charge < -0.3 is 18.9 Å². The molecular formula is C30H33N3O3. The summed E-state index contributed by atoms with van der Waals surface area (Å²) in [6, 6.07) is 24.3. The lowest BCUT2D eigenvalue weighted by atomic mass is 9.93. The number of aromatic nitrogens is 2. The fraction of sp³-hybridized carbons (Fsp3) is 0.333. The van der Waals surface area contributed by atoms with E-state index in [0.717, 1.165) is 40.8 Å². The van der Waals surface area contributed by atoms with Gasteiger partial charge >= 0.3 is 0 Å². The van der Waals surface area contributed by atoms with Crippen LogP contribution in [0.15, 0.2) is 72.8 Å². The number of nitrogens with zero attached hydrogens (tertiary/aromatic N) is 3. The van der Waals surface area contributed by atoms with Crippen LogP contribution in [0.2, 0.25) is 0 Å². The minimum Gasteiger partial charge on any atom is -0.493 e. The highest BCUT2D eigenvalue weighted by Gasteiger charge is 2.27. The number of ether oxygens (including phenoxy) is 2. The van der Waals surface area contributed by atoms with Gasteiger partial charge in [0.2, 0.25) is 5.91 Å². The number of benzene rings is 3. The average Bonchev–Trinajstić information content (AvgIpc) is 3.30. The normalized spacial score (nSPS) is 14.1. The second kappa shape index (κ2) is 10.9. The fourth-order valence-electron chi connectivity index (χ4n) is 5.25. The maximum atomic E-state index is 14.0. The van der Waals surface area contributed by atoms with E-state index in [2.05, 4.69) is 17.0 Å². The molecule has 1 heterocycles. The first kappa shape index (κ1) is 23.9. The molecule has 0 radical (unpaired) electrons. The summed E-state index contributed by atoms with van der Waals surface area (Å²) in [5, 5.41) is 0. The second-order valence-corrected chi connectivity index (χ2v) is 9.38. The average molecular weight is 484 g/mol. The predicted molar refractivity (Wildman–Crippen MR) is 142 cm³/mol. The molecule has 5 rings (SSSR count). The molecule has 186 valence electrons. The Morgan fingerprint density at radius 1 is 0.917 bits per heavy atom. The highest BCUT2D eigenvalue weighted by molar-refractivity contribution is 5.85. The van der Waals surface area contributed by atoms with E-state index in [-0.39, 0.29) is 18.5 Å². The van der Waals surface area contributed by atoms with E-state index in [9.17, 15) is 4.79 Å². The third-order valence-corrected chi connectivity index (χ3v) is 7.12. The highest BCUT2D eigenvalue weighted by atomic mass is 16.5. The van der Waals surface area contributed by atoms with Crippen LogP contribution in [0.4, 0.5) is 0 Å². The van der Waals surface area contributed by atoms with Crippen molar-refractivity contribution in [1.29, 1.82) is 0 Å². The summed E-state index contributed by atoms with van der Waals surface area (Å²) in [5.74, 6) is 2.16. The first-order valence-corrected chi connectivity index (χ1v) is 12.7. The van der Waals surface area contributed by atoms with E-state index in [1.54, 1.807) is 14.2 Å². The van der Waals surface area contributed by atoms with Gasteiger partial charge in [-0.25, -0.2) is 4.98 Å². The standard InChI is InChI=1S/C30H33N3O3/c1-35-27-18-17-23(19-28(27)36-2)30-31-25-15-9-10-16-26(25)33(30)21-29(34)32(24-13-7-4-8-14-24)20-22-11-5-3-6-12-22/h3,5-6,9-12,15-19,24H,4,7-8,13-14,20-21H2,1-2H3. The first-order valence-electron chi connectivity index (χ1n) is 12.7. The Hall–Kier alpha value is -3.80. The molecule has 6 nitrogen and oxygen atoms in total. The van der Waals surface area contributed by atoms with Gasteiger partial charge in [-0.05, 0) is 48.7 Å². The van der Waals surface area contributed by atoms with Crippen LogP contribution in [0.3, 0.4) is 0 Å². The smallest absolute Gasteiger partial charge is 0.243 e. The van der Waals surface area contributed by atoms with Gasteiger partial charge in [0.15, 0.2) is 11.5 Å². The molecular weight excluding hydrogens is 450 g/mol. The Balaban J connectivity index is 1.52. The zero-order chi connectivity index (χ0) is 24.9. The lowest BCUT2D eigenvalue weighted by molar-refractivity contribution is -0.135. The van der Waals surface area contributed by atoms with Crippen LogP contribution in [0.5, 0.6) is 11.5 Å². The van der Waals surface area contributed by atoms with Crippen LogP contribution in [0.1, 0.15) is 37.7 Å². The molecule has 0 saturated heterocycles. The number of methoxy groups -OCH3 is 2. The molecule has 1 aliphatic rings. The van der Waals surface area contributed by atoms with Crippen molar-refractivity contribution < 1.29 is 14.3 Å². The summed E-state index contributed by atoms with van der Waals surface area (Å²) in [6.45, 7) is 0.857. The molecule has 0 N–H and O–H groups in total. The van der Waals surface area contributed by atoms with Gasteiger partial charge in [-0.2, -0.15) is 0 Å². The number of imidazole rings is 1. The van der Waals surface area contributed by atoms with Gasteiger partial charge in [0.1, 0.15) is 12.4 Å². The Morgan fingerprint density at radius 2 is 1.64 bits per heavy atom. The zero-order valence-electron chi connectivity index (χ0n) is 21.0. The van der Waals surface area contributed by atoms with Gasteiger partial charge in [0, 0.05) is 18.2 Å². The molecule has 36 heavy (non-hydrogen) atoms. The van der Waals surface area contributed by atoms with Crippen molar-refractivity contribution in [3.05, 3.63) is 78.4 Å². The molecule has 0 bridgehead atoms. The molecule has 1 aromatic heterocycles. The Bertz CT molecular complexity index is 1330. The summed E-state index contributed by atoms with van der Waals surface area (Å²) in [7, 11) is 3.25. The monoisotopic (exact) mass is 483 g/mol. The Kier molecular flexibility index (Phi) is 7.21. The third-order valence-electron chi connectivity index (χ3n) is 7.12. The molecule has 0 atom stereocenters. The molecule has 0 aliphatic heterocycles. The summed E-state index contributed by atoms with van der Waals surface area (Å²) in [6.07, 6.45) is 5.72. The van der Waals surface area contributed by atoms with Crippen LogP contribution in [-0.4, -0.2) is 40.6 Å². The minimum atomic E-state index is 0.121. The van der Waals surface area contributed by atoms with Crippen LogP contribution in [-0.2, 0) is 17.9 Å². The number of hydrogen-bond donors (Lipinski definition) is 0. The van der Waals surface area contributed by atoms with Crippen LogP contribution < -0.4 is 9.47 Å². The van der Waals surface area contributed by atoms with Crippen molar-refractivity contribution in [3.8, 4) is 22.9 Å². The number of carbonyl (C=O) groups excluding carboxylic acids is 1. The SMILES string of the molecule is COc1ccc(-c2nc3ccccc3n2CC(=O)N(Cc2ccccc2)C2CCCCC2)cc1OC. The molecule has 1 aliphatic carbocycles. The third kappa shape index (κ3) is 4.94. The quantitative estimate of drug-likeness (QED) is 0.305. The highest BCUT2D eigenvalue weighted by Crippen LogP contribution is 2.34. The number of rotatable bonds is 8. The number of hydrogen-bond acceptors (Lipinski definition) is 4. The van der Waals surface area contributed by atoms with Crippen LogP contribution in [0.25, 0.3) is 22.4 Å². The van der Waals surface area contributed by atoms with Crippen LogP contribution >= 0.6 is 0 Å². The van der Waals surface area contributed by atoms with E-state index in [4.69, 9.17) is 14.5 Å². The summed E-state index contributed by atoms with van der Waals surface area (Å²) in [5.41, 5.74) is 3.84. The summed E-state index contributed by atoms with van der Waals surface area (Å²) >= 11 is 0. The van der Waals surface area contributed by atoms with E-state index < -0.39 is 0 Å². The maximum Gasteiger partial charge on any atom is 0.243 e. The second-order valence-electron chi connectivity index (χ2n) is 9.38. The molecule has 3 aromatic carbocycles. The van der Waals surface area contributed by atoms with Gasteiger partial charge in [0.25, 0.3) is 0 Å². The van der Waals surface area contributed by atoms with E-state index >= 15 is 0 Å². The van der Waals surface area contributed by atoms with Crippen molar-refractivity contribution in [2.24, 2.45) is 0 Å². The number of fused-ring (bicyclic) bond motifs is 1. The van der Waals surface area contributed by atoms with Crippen molar-refractivity contribution in [2.45, 2.75) is 51.2 Å². The van der Waals surface area contributed by atoms with E-state index in [1.165, 1.54) is 19.3 Å². The van der Waals surface area contributed by atoms with Crippen LogP contribution in [0, 0.1) is 0 Å². The van der Waals surface area contributed by atoms with Crippen molar-refractivity contribution in [1.82, 2.24) is 14.5 Å². The maximum absolute atomic E-state index is 14.0. The van der Waals surface area contributed by atoms with Gasteiger partial charge in [-0.1, -0.05) is 61.7 Å². The van der Waals surface area contributed by atoms with Gasteiger partial charge in [-0.3, -0.25) is 4.79 Å². The molecule has 1 saturated carbocycles. The minimum absolute atomic E-state index is 0.121. The summed E-state index contributed by atoms with van der Waals surface area (Å²) in [4.78, 5) is 21.0. The van der Waals surface area contributed by atoms with E-state index in [1.807, 2.05) is 65.2 Å². The van der Waals surface area contributed by atoms with E-state index in [0.29, 0.717) is 18.0 Å². The molecule has 0 unspecified atom stereocenters. The predicted octanol–water partition coefficient (Wildman–Crippen LogP) is 6.08. The van der Waals surface area contributed by atoms with Gasteiger partial charge in [-0.15, -0.1) is 0 Å². The van der Waals surface area contributed by atoms with Crippen molar-refractivity contribution >= 4 is 16.9 Å². The molecule has 1 fully saturated rings. The molecule has 4 aromatic rings. The lowest BCUT2D eigenvalue weighted by Crippen LogP contribution is -2.42. The largest absolute Gasteiger partial charge is 0.493 e. The number of para-hydroxylation sites is 2. The van der Waals surface area contributed by atoms with Gasteiger partial charge in [0.05, 0.1) is 25.3 Å². The zero-order valence-corrected chi connectivity index (χ0v) is 21.0. The lowest BCUT2D eigenvalue weighted by Gasteiger charge is -2.35. The number of amides is 1. The molecule has 6 heteroatoms.